The first-order valence-electron chi connectivity index (χ1n) is 11.5. The first-order valence-corrected chi connectivity index (χ1v) is 11.5. The molecule has 8 heteroatoms. The summed E-state index contributed by atoms with van der Waals surface area (Å²) in [5.41, 5.74) is -0.122. The molecule has 5 nitrogen and oxygen atoms in total. The Hall–Kier alpha value is -2.19. The Balaban J connectivity index is 1.17. The number of halogens is 3. The van der Waals surface area contributed by atoms with Gasteiger partial charge < -0.3 is 10.1 Å². The van der Waals surface area contributed by atoms with Gasteiger partial charge in [0.05, 0.1) is 5.69 Å². The van der Waals surface area contributed by atoms with E-state index in [1.807, 2.05) is 0 Å². The quantitative estimate of drug-likeness (QED) is 0.686. The maximum Gasteiger partial charge on any atom is 0.168 e. The SMILES string of the molecule is CC(C1CCOCC1)N1C[C@H]2CC(Nc3ccc(-c4cc(F)cc(F)c4F)nn3)C[C@H]2C1. The van der Waals surface area contributed by atoms with E-state index in [-0.39, 0.29) is 11.3 Å². The molecule has 32 heavy (non-hydrogen) atoms. The smallest absolute Gasteiger partial charge is 0.168 e. The summed E-state index contributed by atoms with van der Waals surface area (Å²) in [5, 5.41) is 11.6. The van der Waals surface area contributed by atoms with Gasteiger partial charge in [-0.1, -0.05) is 0 Å². The number of anilines is 1. The van der Waals surface area contributed by atoms with Gasteiger partial charge in [-0.15, -0.1) is 10.2 Å². The summed E-state index contributed by atoms with van der Waals surface area (Å²) in [6.07, 6.45) is 4.51. The first kappa shape index (κ1) is 21.6. The average molecular weight is 447 g/mol. The molecule has 1 aromatic carbocycles. The van der Waals surface area contributed by atoms with Crippen molar-refractivity contribution in [2.45, 2.75) is 44.7 Å². The molecule has 3 heterocycles. The second-order valence-corrected chi connectivity index (χ2v) is 9.53. The van der Waals surface area contributed by atoms with Gasteiger partial charge in [0.1, 0.15) is 11.6 Å². The summed E-state index contributed by atoms with van der Waals surface area (Å²) in [7, 11) is 0. The van der Waals surface area contributed by atoms with Crippen LogP contribution >= 0.6 is 0 Å². The van der Waals surface area contributed by atoms with E-state index in [1.165, 1.54) is 0 Å². The van der Waals surface area contributed by atoms with Crippen molar-refractivity contribution in [3.8, 4) is 11.3 Å². The van der Waals surface area contributed by atoms with Crippen LogP contribution in [0.15, 0.2) is 24.3 Å². The Morgan fingerprint density at radius 3 is 2.41 bits per heavy atom. The van der Waals surface area contributed by atoms with Crippen LogP contribution in [0.4, 0.5) is 19.0 Å². The van der Waals surface area contributed by atoms with E-state index in [2.05, 4.69) is 27.3 Å². The van der Waals surface area contributed by atoms with Crippen molar-refractivity contribution in [3.05, 3.63) is 41.7 Å². The standard InChI is InChI=1S/C24H29F3N4O/c1-14(15-4-6-32-7-5-15)31-12-16-8-19(9-17(16)13-31)28-23-3-2-22(29-30-23)20-10-18(25)11-21(26)24(20)27/h2-3,10-11,14-17,19H,4-9,12-13H2,1H3,(H,28,30)/t14?,16-,17+,19?. The molecule has 5 rings (SSSR count). The van der Waals surface area contributed by atoms with Crippen LogP contribution in [0, 0.1) is 35.2 Å². The number of aromatic nitrogens is 2. The van der Waals surface area contributed by atoms with E-state index >= 15 is 0 Å². The van der Waals surface area contributed by atoms with Crippen LogP contribution in [0.1, 0.15) is 32.6 Å². The first-order chi connectivity index (χ1) is 15.5. The molecule has 3 aliphatic rings. The Morgan fingerprint density at radius 1 is 1.03 bits per heavy atom. The molecule has 3 fully saturated rings. The molecule has 1 aliphatic carbocycles. The highest BCUT2D eigenvalue weighted by molar-refractivity contribution is 5.60. The van der Waals surface area contributed by atoms with Crippen LogP contribution in [-0.4, -0.2) is 53.5 Å². The summed E-state index contributed by atoms with van der Waals surface area (Å²) in [6.45, 7) is 6.45. The van der Waals surface area contributed by atoms with E-state index in [0.29, 0.717) is 35.8 Å². The summed E-state index contributed by atoms with van der Waals surface area (Å²) in [4.78, 5) is 2.67. The Morgan fingerprint density at radius 2 is 1.75 bits per heavy atom. The Labute approximate surface area is 186 Å². The largest absolute Gasteiger partial charge is 0.381 e. The normalized spacial score (nSPS) is 27.4. The van der Waals surface area contributed by atoms with Gasteiger partial charge in [0, 0.05) is 50.0 Å². The third-order valence-electron chi connectivity index (χ3n) is 7.59. The van der Waals surface area contributed by atoms with Gasteiger partial charge in [0.2, 0.25) is 0 Å². The molecule has 172 valence electrons. The highest BCUT2D eigenvalue weighted by Gasteiger charge is 2.43. The minimum absolute atomic E-state index is 0.104. The zero-order chi connectivity index (χ0) is 22.2. The van der Waals surface area contributed by atoms with Crippen LogP contribution in [0.5, 0.6) is 0 Å². The summed E-state index contributed by atoms with van der Waals surface area (Å²) in [5.74, 6) is -0.491. The van der Waals surface area contributed by atoms with Crippen molar-refractivity contribution < 1.29 is 17.9 Å². The molecule has 2 aromatic rings. The number of hydrogen-bond acceptors (Lipinski definition) is 5. The molecule has 4 atom stereocenters. The fraction of sp³-hybridized carbons (Fsp3) is 0.583. The highest BCUT2D eigenvalue weighted by Crippen LogP contribution is 2.41. The lowest BCUT2D eigenvalue weighted by Gasteiger charge is -2.35. The predicted octanol–water partition coefficient (Wildman–Crippen LogP) is 4.50. The van der Waals surface area contributed by atoms with Gasteiger partial charge in [0.15, 0.2) is 11.6 Å². The van der Waals surface area contributed by atoms with Gasteiger partial charge in [-0.3, -0.25) is 4.90 Å². The fourth-order valence-electron chi connectivity index (χ4n) is 5.79. The number of hydrogen-bond donors (Lipinski definition) is 1. The number of nitrogens with one attached hydrogen (secondary N) is 1. The van der Waals surface area contributed by atoms with Gasteiger partial charge in [-0.05, 0) is 68.6 Å². The van der Waals surface area contributed by atoms with Gasteiger partial charge in [-0.25, -0.2) is 13.2 Å². The van der Waals surface area contributed by atoms with Crippen LogP contribution < -0.4 is 5.32 Å². The van der Waals surface area contributed by atoms with E-state index in [9.17, 15) is 13.2 Å². The monoisotopic (exact) mass is 446 g/mol. The van der Waals surface area contributed by atoms with Gasteiger partial charge >= 0.3 is 0 Å². The molecular weight excluding hydrogens is 417 g/mol. The van der Waals surface area contributed by atoms with Crippen molar-refractivity contribution in [3.63, 3.8) is 0 Å². The molecule has 0 spiro atoms. The second kappa shape index (κ2) is 8.98. The summed E-state index contributed by atoms with van der Waals surface area (Å²) in [6, 6.07) is 5.62. The van der Waals surface area contributed by atoms with Crippen molar-refractivity contribution in [2.24, 2.45) is 17.8 Å². The van der Waals surface area contributed by atoms with Crippen molar-refractivity contribution in [1.82, 2.24) is 15.1 Å². The molecule has 1 saturated carbocycles. The molecule has 2 aliphatic heterocycles. The minimum Gasteiger partial charge on any atom is -0.381 e. The van der Waals surface area contributed by atoms with Gasteiger partial charge in [-0.2, -0.15) is 0 Å². The predicted molar refractivity (Wildman–Crippen MR) is 116 cm³/mol. The molecule has 0 radical (unpaired) electrons. The third kappa shape index (κ3) is 4.35. The van der Waals surface area contributed by atoms with E-state index < -0.39 is 17.5 Å². The topological polar surface area (TPSA) is 50.3 Å². The number of rotatable bonds is 5. The Bertz CT molecular complexity index is 937. The lowest BCUT2D eigenvalue weighted by molar-refractivity contribution is 0.0338. The van der Waals surface area contributed by atoms with Crippen molar-refractivity contribution in [1.29, 1.82) is 0 Å². The lowest BCUT2D eigenvalue weighted by Crippen LogP contribution is -2.40. The highest BCUT2D eigenvalue weighted by atomic mass is 19.2. The zero-order valence-electron chi connectivity index (χ0n) is 18.2. The third-order valence-corrected chi connectivity index (χ3v) is 7.59. The molecule has 2 unspecified atom stereocenters. The van der Waals surface area contributed by atoms with E-state index in [0.717, 1.165) is 64.0 Å². The van der Waals surface area contributed by atoms with E-state index in [1.54, 1.807) is 12.1 Å². The summed E-state index contributed by atoms with van der Waals surface area (Å²) >= 11 is 0. The molecule has 2 saturated heterocycles. The number of fused-ring (bicyclic) bond motifs is 1. The van der Waals surface area contributed by atoms with Gasteiger partial charge in [0.25, 0.3) is 0 Å². The maximum absolute atomic E-state index is 14.0. The average Bonchev–Trinajstić information content (AvgIpc) is 3.36. The zero-order valence-corrected chi connectivity index (χ0v) is 18.2. The lowest BCUT2D eigenvalue weighted by atomic mass is 9.92. The van der Waals surface area contributed by atoms with Crippen LogP contribution in [0.2, 0.25) is 0 Å². The number of benzene rings is 1. The summed E-state index contributed by atoms with van der Waals surface area (Å²) < 4.78 is 46.5. The maximum atomic E-state index is 14.0. The molecule has 1 aromatic heterocycles. The molecule has 0 amide bonds. The minimum atomic E-state index is -1.23. The van der Waals surface area contributed by atoms with Crippen LogP contribution in [0.3, 0.4) is 0 Å². The van der Waals surface area contributed by atoms with Crippen molar-refractivity contribution >= 4 is 5.82 Å². The Kier molecular flexibility index (Phi) is 6.07. The number of nitrogens with zero attached hydrogens (tertiary/aromatic N) is 3. The fourth-order valence-corrected chi connectivity index (χ4v) is 5.79. The second-order valence-electron chi connectivity index (χ2n) is 9.53. The van der Waals surface area contributed by atoms with Crippen LogP contribution in [0.25, 0.3) is 11.3 Å². The number of ether oxygens (including phenoxy) is 1. The molecular formula is C24H29F3N4O. The molecule has 1 N–H and O–H groups in total. The van der Waals surface area contributed by atoms with Crippen molar-refractivity contribution in [2.75, 3.05) is 31.6 Å². The molecule has 0 bridgehead atoms. The van der Waals surface area contributed by atoms with E-state index in [4.69, 9.17) is 4.74 Å². The number of likely N-dealkylation sites (tertiary alicyclic amines) is 1. The van der Waals surface area contributed by atoms with Crippen LogP contribution in [-0.2, 0) is 4.74 Å².